The number of nitrogens with zero attached hydrogens (tertiary/aromatic N) is 1. The second-order valence-electron chi connectivity index (χ2n) is 4.65. The predicted octanol–water partition coefficient (Wildman–Crippen LogP) is 3.74. The maximum absolute atomic E-state index is 4.04. The van der Waals surface area contributed by atoms with Gasteiger partial charge in [0.1, 0.15) is 0 Å². The van der Waals surface area contributed by atoms with Gasteiger partial charge in [-0.15, -0.1) is 0 Å². The van der Waals surface area contributed by atoms with Crippen molar-refractivity contribution in [1.82, 2.24) is 10.2 Å². The van der Waals surface area contributed by atoms with E-state index >= 15 is 0 Å². The Kier molecular flexibility index (Phi) is 3.19. The molecular formula is C16H17N3. The third-order valence-corrected chi connectivity index (χ3v) is 3.42. The van der Waals surface area contributed by atoms with Gasteiger partial charge in [-0.05, 0) is 35.7 Å². The quantitative estimate of drug-likeness (QED) is 0.741. The van der Waals surface area contributed by atoms with Crippen LogP contribution < -0.4 is 5.32 Å². The molecule has 0 saturated heterocycles. The van der Waals surface area contributed by atoms with E-state index in [0.717, 1.165) is 29.6 Å². The third kappa shape index (κ3) is 2.45. The summed E-state index contributed by atoms with van der Waals surface area (Å²) in [7, 11) is 0. The molecule has 3 nitrogen and oxygen atoms in total. The van der Waals surface area contributed by atoms with Gasteiger partial charge in [0, 0.05) is 17.6 Å². The predicted molar refractivity (Wildman–Crippen MR) is 79.2 cm³/mol. The highest BCUT2D eigenvalue weighted by molar-refractivity contribution is 5.81. The molecule has 3 aromatic rings. The van der Waals surface area contributed by atoms with Crippen LogP contribution in [-0.2, 0) is 13.0 Å². The number of rotatable bonds is 4. The zero-order valence-corrected chi connectivity index (χ0v) is 11.0. The molecular weight excluding hydrogens is 234 g/mol. The van der Waals surface area contributed by atoms with Crippen LogP contribution in [0.5, 0.6) is 0 Å². The van der Waals surface area contributed by atoms with Crippen molar-refractivity contribution < 1.29 is 0 Å². The second-order valence-corrected chi connectivity index (χ2v) is 4.65. The number of aromatic amines is 1. The van der Waals surface area contributed by atoms with Crippen molar-refractivity contribution in [2.75, 3.05) is 5.32 Å². The standard InChI is InChI=1S/C16H17N3/c1-2-12-5-3-4-6-13(12)10-17-15-8-7-14-11-18-19-16(14)9-15/h3-9,11,17H,2,10H2,1H3,(H,18,19). The Labute approximate surface area is 112 Å². The fourth-order valence-electron chi connectivity index (χ4n) is 2.32. The van der Waals surface area contributed by atoms with E-state index in [-0.39, 0.29) is 0 Å². The Bertz CT molecular complexity index is 685. The lowest BCUT2D eigenvalue weighted by atomic mass is 10.1. The number of aryl methyl sites for hydroxylation is 1. The molecule has 3 heteroatoms. The highest BCUT2D eigenvalue weighted by Crippen LogP contribution is 2.18. The fraction of sp³-hybridized carbons (Fsp3) is 0.188. The van der Waals surface area contributed by atoms with E-state index in [2.05, 4.69) is 64.9 Å². The van der Waals surface area contributed by atoms with Crippen molar-refractivity contribution in [3.63, 3.8) is 0 Å². The number of H-pyrrole nitrogens is 1. The van der Waals surface area contributed by atoms with Gasteiger partial charge in [-0.2, -0.15) is 5.10 Å². The van der Waals surface area contributed by atoms with Crippen molar-refractivity contribution in [2.24, 2.45) is 0 Å². The summed E-state index contributed by atoms with van der Waals surface area (Å²) >= 11 is 0. The van der Waals surface area contributed by atoms with Gasteiger partial charge in [0.05, 0.1) is 11.7 Å². The first-order chi connectivity index (χ1) is 9.36. The van der Waals surface area contributed by atoms with Crippen molar-refractivity contribution in [3.8, 4) is 0 Å². The molecule has 0 bridgehead atoms. The summed E-state index contributed by atoms with van der Waals surface area (Å²) < 4.78 is 0. The molecule has 1 heterocycles. The Morgan fingerprint density at radius 1 is 1.11 bits per heavy atom. The Morgan fingerprint density at radius 3 is 2.79 bits per heavy atom. The lowest BCUT2D eigenvalue weighted by molar-refractivity contribution is 1.04. The summed E-state index contributed by atoms with van der Waals surface area (Å²) in [5, 5.41) is 11.6. The van der Waals surface area contributed by atoms with Crippen molar-refractivity contribution >= 4 is 16.6 Å². The first kappa shape index (κ1) is 11.8. The number of hydrogen-bond acceptors (Lipinski definition) is 2. The number of fused-ring (bicyclic) bond motifs is 1. The van der Waals surface area contributed by atoms with Crippen LogP contribution >= 0.6 is 0 Å². The molecule has 0 aliphatic heterocycles. The molecule has 3 rings (SSSR count). The number of benzene rings is 2. The lowest BCUT2D eigenvalue weighted by Crippen LogP contribution is -2.02. The van der Waals surface area contributed by atoms with Gasteiger partial charge < -0.3 is 5.32 Å². The minimum absolute atomic E-state index is 0.851. The van der Waals surface area contributed by atoms with Crippen LogP contribution in [0.25, 0.3) is 10.9 Å². The van der Waals surface area contributed by atoms with Crippen LogP contribution in [-0.4, -0.2) is 10.2 Å². The largest absolute Gasteiger partial charge is 0.381 e. The molecule has 0 saturated carbocycles. The topological polar surface area (TPSA) is 40.7 Å². The van der Waals surface area contributed by atoms with E-state index in [1.54, 1.807) is 0 Å². The molecule has 0 aliphatic carbocycles. The average Bonchev–Trinajstić information content (AvgIpc) is 2.93. The molecule has 0 atom stereocenters. The van der Waals surface area contributed by atoms with Crippen LogP contribution in [0.3, 0.4) is 0 Å². The number of aromatic nitrogens is 2. The van der Waals surface area contributed by atoms with Crippen molar-refractivity contribution in [2.45, 2.75) is 19.9 Å². The van der Waals surface area contributed by atoms with Gasteiger partial charge in [-0.25, -0.2) is 0 Å². The van der Waals surface area contributed by atoms with E-state index in [9.17, 15) is 0 Å². The molecule has 0 fully saturated rings. The van der Waals surface area contributed by atoms with Gasteiger partial charge in [0.15, 0.2) is 0 Å². The van der Waals surface area contributed by atoms with E-state index in [1.807, 2.05) is 6.20 Å². The number of anilines is 1. The molecule has 0 aliphatic rings. The van der Waals surface area contributed by atoms with Gasteiger partial charge in [0.2, 0.25) is 0 Å². The fourth-order valence-corrected chi connectivity index (χ4v) is 2.32. The Morgan fingerprint density at radius 2 is 1.95 bits per heavy atom. The summed E-state index contributed by atoms with van der Waals surface area (Å²) in [4.78, 5) is 0. The normalized spacial score (nSPS) is 10.8. The van der Waals surface area contributed by atoms with Crippen LogP contribution in [0.4, 0.5) is 5.69 Å². The molecule has 2 N–H and O–H groups in total. The summed E-state index contributed by atoms with van der Waals surface area (Å²) in [5.74, 6) is 0. The maximum atomic E-state index is 4.04. The molecule has 19 heavy (non-hydrogen) atoms. The minimum atomic E-state index is 0.851. The molecule has 0 unspecified atom stereocenters. The highest BCUT2D eigenvalue weighted by atomic mass is 15.1. The average molecular weight is 251 g/mol. The van der Waals surface area contributed by atoms with Crippen molar-refractivity contribution in [1.29, 1.82) is 0 Å². The molecule has 2 aromatic carbocycles. The Balaban J connectivity index is 1.78. The zero-order chi connectivity index (χ0) is 13.1. The smallest absolute Gasteiger partial charge is 0.0670 e. The van der Waals surface area contributed by atoms with E-state index < -0.39 is 0 Å². The molecule has 96 valence electrons. The van der Waals surface area contributed by atoms with Gasteiger partial charge >= 0.3 is 0 Å². The highest BCUT2D eigenvalue weighted by Gasteiger charge is 2.01. The van der Waals surface area contributed by atoms with Gasteiger partial charge in [-0.1, -0.05) is 31.2 Å². The first-order valence-corrected chi connectivity index (χ1v) is 6.60. The van der Waals surface area contributed by atoms with Crippen LogP contribution in [0.15, 0.2) is 48.7 Å². The Hall–Kier alpha value is -2.29. The SMILES string of the molecule is CCc1ccccc1CNc1ccc2cn[nH]c2c1. The second kappa shape index (κ2) is 5.14. The van der Waals surface area contributed by atoms with Crippen LogP contribution in [0.2, 0.25) is 0 Å². The monoisotopic (exact) mass is 251 g/mol. The van der Waals surface area contributed by atoms with E-state index in [4.69, 9.17) is 0 Å². The molecule has 1 aromatic heterocycles. The van der Waals surface area contributed by atoms with Crippen LogP contribution in [0, 0.1) is 0 Å². The summed E-state index contributed by atoms with van der Waals surface area (Å²) in [6, 6.07) is 14.8. The minimum Gasteiger partial charge on any atom is -0.381 e. The van der Waals surface area contributed by atoms with Crippen molar-refractivity contribution in [3.05, 3.63) is 59.8 Å². The molecule has 0 amide bonds. The first-order valence-electron chi connectivity index (χ1n) is 6.60. The lowest BCUT2D eigenvalue weighted by Gasteiger charge is -2.10. The molecule has 0 radical (unpaired) electrons. The van der Waals surface area contributed by atoms with Gasteiger partial charge in [-0.3, -0.25) is 5.10 Å². The summed E-state index contributed by atoms with van der Waals surface area (Å²) in [6.45, 7) is 3.04. The maximum Gasteiger partial charge on any atom is 0.0670 e. The number of nitrogens with one attached hydrogen (secondary N) is 2. The third-order valence-electron chi connectivity index (χ3n) is 3.42. The van der Waals surface area contributed by atoms with E-state index in [1.165, 1.54) is 11.1 Å². The summed E-state index contributed by atoms with van der Waals surface area (Å²) in [5.41, 5.74) is 4.93. The van der Waals surface area contributed by atoms with Gasteiger partial charge in [0.25, 0.3) is 0 Å². The number of hydrogen-bond donors (Lipinski definition) is 2. The summed E-state index contributed by atoms with van der Waals surface area (Å²) in [6.07, 6.45) is 2.91. The van der Waals surface area contributed by atoms with Crippen LogP contribution in [0.1, 0.15) is 18.1 Å². The molecule has 0 spiro atoms. The van der Waals surface area contributed by atoms with E-state index in [0.29, 0.717) is 0 Å². The zero-order valence-electron chi connectivity index (χ0n) is 11.0.